The highest BCUT2D eigenvalue weighted by Crippen LogP contribution is 2.22. The molecule has 0 unspecified atom stereocenters. The van der Waals surface area contributed by atoms with Crippen molar-refractivity contribution in [3.05, 3.63) is 71.0 Å². The molecule has 1 amide bonds. The number of hydrogen-bond donors (Lipinski definition) is 2. The Bertz CT molecular complexity index is 940. The number of amides is 1. The van der Waals surface area contributed by atoms with Gasteiger partial charge < -0.3 is 15.5 Å². The zero-order chi connectivity index (χ0) is 19.4. The van der Waals surface area contributed by atoms with Crippen LogP contribution in [0.1, 0.15) is 15.9 Å². The Kier molecular flexibility index (Phi) is 5.57. The number of aromatic nitrogens is 2. The number of hydrogen-bond acceptors (Lipinski definition) is 5. The SMILES string of the molecule is Cc1ccc(Cl)cc1Nc1ncc(C(=O)Nc2ccc(N(C)C)cc2)cn1. The quantitative estimate of drug-likeness (QED) is 0.680. The number of rotatable bonds is 5. The second-order valence-electron chi connectivity index (χ2n) is 6.28. The molecule has 27 heavy (non-hydrogen) atoms. The molecule has 3 rings (SSSR count). The molecule has 2 aromatic carbocycles. The van der Waals surface area contributed by atoms with Crippen molar-refractivity contribution in [3.63, 3.8) is 0 Å². The van der Waals surface area contributed by atoms with Crippen LogP contribution in [0.5, 0.6) is 0 Å². The molecule has 0 saturated heterocycles. The lowest BCUT2D eigenvalue weighted by Crippen LogP contribution is -2.13. The van der Waals surface area contributed by atoms with Crippen molar-refractivity contribution in [2.75, 3.05) is 29.6 Å². The molecule has 6 nitrogen and oxygen atoms in total. The van der Waals surface area contributed by atoms with Gasteiger partial charge in [-0.2, -0.15) is 0 Å². The summed E-state index contributed by atoms with van der Waals surface area (Å²) in [5.74, 6) is 0.130. The van der Waals surface area contributed by atoms with Gasteiger partial charge in [0.25, 0.3) is 5.91 Å². The predicted molar refractivity (Wildman–Crippen MR) is 110 cm³/mol. The number of aryl methyl sites for hydroxylation is 1. The van der Waals surface area contributed by atoms with Gasteiger partial charge in [0.1, 0.15) is 0 Å². The van der Waals surface area contributed by atoms with E-state index in [0.717, 1.165) is 16.9 Å². The summed E-state index contributed by atoms with van der Waals surface area (Å²) in [6.45, 7) is 1.96. The van der Waals surface area contributed by atoms with Gasteiger partial charge in [0, 0.05) is 48.6 Å². The third-order valence-corrected chi connectivity index (χ3v) is 4.24. The van der Waals surface area contributed by atoms with Crippen LogP contribution in [0, 0.1) is 6.92 Å². The lowest BCUT2D eigenvalue weighted by Gasteiger charge is -2.13. The van der Waals surface area contributed by atoms with Crippen molar-refractivity contribution < 1.29 is 4.79 Å². The molecule has 0 bridgehead atoms. The molecule has 0 aliphatic carbocycles. The van der Waals surface area contributed by atoms with E-state index in [1.165, 1.54) is 12.4 Å². The maximum absolute atomic E-state index is 12.4. The van der Waals surface area contributed by atoms with E-state index in [0.29, 0.717) is 22.2 Å². The third-order valence-electron chi connectivity index (χ3n) is 4.00. The first-order valence-electron chi connectivity index (χ1n) is 8.36. The number of nitrogens with one attached hydrogen (secondary N) is 2. The maximum atomic E-state index is 12.4. The van der Waals surface area contributed by atoms with Gasteiger partial charge >= 0.3 is 0 Å². The number of anilines is 4. The molecule has 1 aromatic heterocycles. The average molecular weight is 382 g/mol. The number of carbonyl (C=O) groups is 1. The van der Waals surface area contributed by atoms with Gasteiger partial charge in [-0.25, -0.2) is 9.97 Å². The Labute approximate surface area is 163 Å². The van der Waals surface area contributed by atoms with Crippen LogP contribution in [0.15, 0.2) is 54.9 Å². The summed E-state index contributed by atoms with van der Waals surface area (Å²) in [5, 5.41) is 6.56. The molecular formula is C20H20ClN5O. The molecule has 0 radical (unpaired) electrons. The molecule has 1 heterocycles. The monoisotopic (exact) mass is 381 g/mol. The number of halogens is 1. The Balaban J connectivity index is 1.67. The smallest absolute Gasteiger partial charge is 0.258 e. The minimum Gasteiger partial charge on any atom is -0.378 e. The molecule has 7 heteroatoms. The Morgan fingerprint density at radius 3 is 2.33 bits per heavy atom. The largest absolute Gasteiger partial charge is 0.378 e. The van der Waals surface area contributed by atoms with Crippen molar-refractivity contribution in [2.45, 2.75) is 6.92 Å². The average Bonchev–Trinajstić information content (AvgIpc) is 2.65. The maximum Gasteiger partial charge on any atom is 0.258 e. The molecule has 0 saturated carbocycles. The lowest BCUT2D eigenvalue weighted by atomic mass is 10.2. The summed E-state index contributed by atoms with van der Waals surface area (Å²) in [7, 11) is 3.93. The van der Waals surface area contributed by atoms with Gasteiger partial charge in [-0.15, -0.1) is 0 Å². The molecule has 0 spiro atoms. The second-order valence-corrected chi connectivity index (χ2v) is 6.71. The van der Waals surface area contributed by atoms with E-state index in [2.05, 4.69) is 20.6 Å². The second kappa shape index (κ2) is 8.05. The summed E-state index contributed by atoms with van der Waals surface area (Å²) in [5.41, 5.74) is 3.98. The first-order valence-corrected chi connectivity index (χ1v) is 8.74. The first kappa shape index (κ1) is 18.7. The van der Waals surface area contributed by atoms with Gasteiger partial charge in [0.2, 0.25) is 5.95 Å². The van der Waals surface area contributed by atoms with Crippen LogP contribution < -0.4 is 15.5 Å². The molecule has 0 atom stereocenters. The number of carbonyl (C=O) groups excluding carboxylic acids is 1. The summed E-state index contributed by atoms with van der Waals surface area (Å²) >= 11 is 6.02. The predicted octanol–water partition coefficient (Wildman–Crippen LogP) is 4.50. The minimum atomic E-state index is -0.266. The van der Waals surface area contributed by atoms with Crippen molar-refractivity contribution in [1.82, 2.24) is 9.97 Å². The highest BCUT2D eigenvalue weighted by Gasteiger charge is 2.09. The van der Waals surface area contributed by atoms with Crippen LogP contribution in [0.25, 0.3) is 0 Å². The van der Waals surface area contributed by atoms with Crippen LogP contribution in [0.2, 0.25) is 5.02 Å². The molecular weight excluding hydrogens is 362 g/mol. The van der Waals surface area contributed by atoms with Crippen LogP contribution in [0.4, 0.5) is 23.0 Å². The fraction of sp³-hybridized carbons (Fsp3) is 0.150. The highest BCUT2D eigenvalue weighted by molar-refractivity contribution is 6.30. The van der Waals surface area contributed by atoms with Crippen molar-refractivity contribution in [1.29, 1.82) is 0 Å². The van der Waals surface area contributed by atoms with Gasteiger partial charge in [0.15, 0.2) is 0 Å². The van der Waals surface area contributed by atoms with E-state index < -0.39 is 0 Å². The Morgan fingerprint density at radius 2 is 1.70 bits per heavy atom. The van der Waals surface area contributed by atoms with E-state index in [1.54, 1.807) is 6.07 Å². The van der Waals surface area contributed by atoms with Gasteiger partial charge in [-0.1, -0.05) is 17.7 Å². The summed E-state index contributed by atoms with van der Waals surface area (Å²) < 4.78 is 0. The van der Waals surface area contributed by atoms with Crippen molar-refractivity contribution in [2.24, 2.45) is 0 Å². The van der Waals surface area contributed by atoms with Crippen LogP contribution >= 0.6 is 11.6 Å². The summed E-state index contributed by atoms with van der Waals surface area (Å²) in [4.78, 5) is 22.8. The Morgan fingerprint density at radius 1 is 1.04 bits per heavy atom. The highest BCUT2D eigenvalue weighted by atomic mass is 35.5. The van der Waals surface area contributed by atoms with E-state index in [9.17, 15) is 4.79 Å². The van der Waals surface area contributed by atoms with E-state index >= 15 is 0 Å². The summed E-state index contributed by atoms with van der Waals surface area (Å²) in [6, 6.07) is 13.1. The van der Waals surface area contributed by atoms with Gasteiger partial charge in [0.05, 0.1) is 5.56 Å². The van der Waals surface area contributed by atoms with Crippen LogP contribution in [0.3, 0.4) is 0 Å². The first-order chi connectivity index (χ1) is 12.9. The zero-order valence-electron chi connectivity index (χ0n) is 15.3. The fourth-order valence-electron chi connectivity index (χ4n) is 2.41. The standard InChI is InChI=1S/C20H20ClN5O/c1-13-4-5-15(21)10-18(13)25-20-22-11-14(12-23-20)19(27)24-16-6-8-17(9-7-16)26(2)3/h4-12H,1-3H3,(H,24,27)(H,22,23,25). The molecule has 3 aromatic rings. The molecule has 138 valence electrons. The zero-order valence-corrected chi connectivity index (χ0v) is 16.1. The fourth-order valence-corrected chi connectivity index (χ4v) is 2.58. The van der Waals surface area contributed by atoms with E-state index in [4.69, 9.17) is 11.6 Å². The molecule has 0 aliphatic heterocycles. The third kappa shape index (κ3) is 4.74. The van der Waals surface area contributed by atoms with Gasteiger partial charge in [-0.05, 0) is 48.9 Å². The van der Waals surface area contributed by atoms with Crippen molar-refractivity contribution in [3.8, 4) is 0 Å². The lowest BCUT2D eigenvalue weighted by molar-refractivity contribution is 0.102. The van der Waals surface area contributed by atoms with E-state index in [-0.39, 0.29) is 5.91 Å². The summed E-state index contributed by atoms with van der Waals surface area (Å²) in [6.07, 6.45) is 2.97. The molecule has 0 aliphatic rings. The Hall–Kier alpha value is -3.12. The molecule has 2 N–H and O–H groups in total. The molecule has 0 fully saturated rings. The minimum absolute atomic E-state index is 0.266. The van der Waals surface area contributed by atoms with Gasteiger partial charge in [-0.3, -0.25) is 4.79 Å². The van der Waals surface area contributed by atoms with Crippen LogP contribution in [-0.4, -0.2) is 30.0 Å². The van der Waals surface area contributed by atoms with Crippen LogP contribution in [-0.2, 0) is 0 Å². The number of benzene rings is 2. The van der Waals surface area contributed by atoms with E-state index in [1.807, 2.05) is 62.3 Å². The topological polar surface area (TPSA) is 70.2 Å². The van der Waals surface area contributed by atoms with Crippen molar-refractivity contribution >= 4 is 40.5 Å². The number of nitrogens with zero attached hydrogens (tertiary/aromatic N) is 3. The normalized spacial score (nSPS) is 10.4.